The Bertz CT molecular complexity index is 672. The standard InChI is InChI=1S/C16H17N3O3/c1-3-12-14(16(20)21-4-2)13(10-6-5-7-19-9-10)11(8-17)15(18)22-12/h5-7,9,13H,3-4,18H2,1-2H3/t13-/m1/s1. The number of aromatic nitrogens is 1. The second-order valence-corrected chi connectivity index (χ2v) is 4.62. The summed E-state index contributed by atoms with van der Waals surface area (Å²) in [5, 5.41) is 9.42. The molecule has 1 aromatic rings. The highest BCUT2D eigenvalue weighted by atomic mass is 16.5. The second kappa shape index (κ2) is 6.76. The normalized spacial score (nSPS) is 17.8. The highest BCUT2D eigenvalue weighted by molar-refractivity contribution is 5.92. The number of ether oxygens (including phenoxy) is 2. The summed E-state index contributed by atoms with van der Waals surface area (Å²) in [4.78, 5) is 16.4. The summed E-state index contributed by atoms with van der Waals surface area (Å²) in [5.41, 5.74) is 7.04. The van der Waals surface area contributed by atoms with Gasteiger partial charge in [0.2, 0.25) is 5.88 Å². The van der Waals surface area contributed by atoms with Gasteiger partial charge in [0.15, 0.2) is 0 Å². The molecule has 0 saturated carbocycles. The van der Waals surface area contributed by atoms with Crippen LogP contribution in [0.15, 0.2) is 47.3 Å². The lowest BCUT2D eigenvalue weighted by atomic mass is 9.83. The number of carbonyl (C=O) groups excluding carboxylic acids is 1. The molecule has 0 radical (unpaired) electrons. The summed E-state index contributed by atoms with van der Waals surface area (Å²) < 4.78 is 10.6. The van der Waals surface area contributed by atoms with Crippen molar-refractivity contribution >= 4 is 5.97 Å². The number of nitrogens with two attached hydrogens (primary N) is 1. The fraction of sp³-hybridized carbons (Fsp3) is 0.312. The zero-order chi connectivity index (χ0) is 16.1. The van der Waals surface area contributed by atoms with Crippen molar-refractivity contribution in [2.24, 2.45) is 5.73 Å². The Morgan fingerprint density at radius 3 is 2.86 bits per heavy atom. The van der Waals surface area contributed by atoms with Gasteiger partial charge in [0, 0.05) is 18.8 Å². The molecule has 1 aliphatic rings. The van der Waals surface area contributed by atoms with Gasteiger partial charge in [0.25, 0.3) is 0 Å². The first kappa shape index (κ1) is 15.6. The molecule has 0 spiro atoms. The third kappa shape index (κ3) is 2.79. The fourth-order valence-corrected chi connectivity index (χ4v) is 2.39. The summed E-state index contributed by atoms with van der Waals surface area (Å²) >= 11 is 0. The topological polar surface area (TPSA) is 98.2 Å². The highest BCUT2D eigenvalue weighted by Crippen LogP contribution is 2.40. The third-order valence-electron chi connectivity index (χ3n) is 3.33. The van der Waals surface area contributed by atoms with Crippen molar-refractivity contribution in [3.8, 4) is 6.07 Å². The van der Waals surface area contributed by atoms with Crippen LogP contribution in [0.1, 0.15) is 31.7 Å². The number of pyridine rings is 1. The molecular formula is C16H17N3O3. The highest BCUT2D eigenvalue weighted by Gasteiger charge is 2.37. The first-order chi connectivity index (χ1) is 10.6. The molecule has 6 heteroatoms. The largest absolute Gasteiger partial charge is 0.463 e. The van der Waals surface area contributed by atoms with Gasteiger partial charge in [-0.2, -0.15) is 5.26 Å². The van der Waals surface area contributed by atoms with Crippen molar-refractivity contribution < 1.29 is 14.3 Å². The zero-order valence-electron chi connectivity index (χ0n) is 12.5. The molecule has 0 amide bonds. The first-order valence-corrected chi connectivity index (χ1v) is 7.01. The number of nitriles is 1. The minimum Gasteiger partial charge on any atom is -0.463 e. The van der Waals surface area contributed by atoms with Gasteiger partial charge in [-0.05, 0) is 18.6 Å². The van der Waals surface area contributed by atoms with E-state index in [9.17, 15) is 10.1 Å². The zero-order valence-corrected chi connectivity index (χ0v) is 12.5. The molecule has 0 fully saturated rings. The van der Waals surface area contributed by atoms with Crippen LogP contribution in [0.5, 0.6) is 0 Å². The smallest absolute Gasteiger partial charge is 0.338 e. The predicted octanol–water partition coefficient (Wildman–Crippen LogP) is 2.12. The van der Waals surface area contributed by atoms with Crippen molar-refractivity contribution in [1.29, 1.82) is 5.26 Å². The van der Waals surface area contributed by atoms with E-state index >= 15 is 0 Å². The Morgan fingerprint density at radius 1 is 1.55 bits per heavy atom. The first-order valence-electron chi connectivity index (χ1n) is 7.01. The Hall–Kier alpha value is -2.81. The average Bonchev–Trinajstić information content (AvgIpc) is 2.54. The van der Waals surface area contributed by atoms with E-state index in [0.717, 1.165) is 0 Å². The quantitative estimate of drug-likeness (QED) is 0.855. The molecule has 1 aliphatic heterocycles. The molecule has 6 nitrogen and oxygen atoms in total. The van der Waals surface area contributed by atoms with Crippen LogP contribution >= 0.6 is 0 Å². The van der Waals surface area contributed by atoms with E-state index in [1.807, 2.05) is 13.0 Å². The van der Waals surface area contributed by atoms with Crippen molar-refractivity contribution in [2.45, 2.75) is 26.2 Å². The van der Waals surface area contributed by atoms with Gasteiger partial charge in [-0.25, -0.2) is 4.79 Å². The lowest BCUT2D eigenvalue weighted by Crippen LogP contribution is -2.26. The van der Waals surface area contributed by atoms with E-state index in [1.165, 1.54) is 0 Å². The maximum atomic E-state index is 12.4. The van der Waals surface area contributed by atoms with Crippen molar-refractivity contribution in [3.63, 3.8) is 0 Å². The predicted molar refractivity (Wildman–Crippen MR) is 78.8 cm³/mol. The number of esters is 1. The summed E-state index contributed by atoms with van der Waals surface area (Å²) in [6, 6.07) is 5.57. The summed E-state index contributed by atoms with van der Waals surface area (Å²) in [5.74, 6) is -0.694. The Balaban J connectivity index is 2.62. The number of nitrogens with zero attached hydrogens (tertiary/aromatic N) is 2. The van der Waals surface area contributed by atoms with E-state index in [1.54, 1.807) is 31.5 Å². The molecule has 22 heavy (non-hydrogen) atoms. The molecule has 1 atom stereocenters. The van der Waals surface area contributed by atoms with Gasteiger partial charge in [0.05, 0.1) is 18.1 Å². The van der Waals surface area contributed by atoms with Crippen LogP contribution in [0.4, 0.5) is 0 Å². The van der Waals surface area contributed by atoms with E-state index in [4.69, 9.17) is 15.2 Å². The maximum Gasteiger partial charge on any atom is 0.338 e. The van der Waals surface area contributed by atoms with Gasteiger partial charge in [-0.1, -0.05) is 13.0 Å². The van der Waals surface area contributed by atoms with Gasteiger partial charge in [0.1, 0.15) is 17.4 Å². The Labute approximate surface area is 128 Å². The van der Waals surface area contributed by atoms with Crippen LogP contribution in [-0.2, 0) is 14.3 Å². The Kier molecular flexibility index (Phi) is 4.79. The van der Waals surface area contributed by atoms with Crippen LogP contribution < -0.4 is 5.73 Å². The number of rotatable bonds is 4. The fourth-order valence-electron chi connectivity index (χ4n) is 2.39. The summed E-state index contributed by atoms with van der Waals surface area (Å²) in [7, 11) is 0. The minimum atomic E-state index is -0.624. The van der Waals surface area contributed by atoms with Crippen molar-refractivity contribution in [2.75, 3.05) is 6.61 Å². The van der Waals surface area contributed by atoms with E-state index in [2.05, 4.69) is 4.98 Å². The number of hydrogen-bond donors (Lipinski definition) is 1. The Morgan fingerprint density at radius 2 is 2.32 bits per heavy atom. The maximum absolute atomic E-state index is 12.4. The minimum absolute atomic E-state index is 0.0150. The molecule has 0 aromatic carbocycles. The summed E-state index contributed by atoms with van der Waals surface area (Å²) in [6.07, 6.45) is 3.69. The molecule has 114 valence electrons. The van der Waals surface area contributed by atoms with Crippen molar-refractivity contribution in [1.82, 2.24) is 4.98 Å². The van der Waals surface area contributed by atoms with Crippen LogP contribution in [0.2, 0.25) is 0 Å². The molecular weight excluding hydrogens is 282 g/mol. The molecule has 0 unspecified atom stereocenters. The molecule has 0 aliphatic carbocycles. The monoisotopic (exact) mass is 299 g/mol. The molecule has 2 N–H and O–H groups in total. The van der Waals surface area contributed by atoms with Gasteiger partial charge in [-0.15, -0.1) is 0 Å². The molecule has 0 bridgehead atoms. The van der Waals surface area contributed by atoms with Crippen molar-refractivity contribution in [3.05, 3.63) is 52.9 Å². The molecule has 0 saturated heterocycles. The SMILES string of the molecule is CCOC(=O)C1=C(CC)OC(N)=C(C#N)[C@H]1c1cccnc1. The van der Waals surface area contributed by atoms with Crippen LogP contribution in [0.3, 0.4) is 0 Å². The van der Waals surface area contributed by atoms with E-state index in [0.29, 0.717) is 23.3 Å². The summed E-state index contributed by atoms with van der Waals surface area (Å²) in [6.45, 7) is 3.81. The molecule has 1 aromatic heterocycles. The van der Waals surface area contributed by atoms with Gasteiger partial charge >= 0.3 is 5.97 Å². The van der Waals surface area contributed by atoms with Crippen LogP contribution in [-0.4, -0.2) is 17.6 Å². The molecule has 2 heterocycles. The van der Waals surface area contributed by atoms with E-state index < -0.39 is 11.9 Å². The number of carbonyl (C=O) groups is 1. The van der Waals surface area contributed by atoms with E-state index in [-0.39, 0.29) is 18.1 Å². The third-order valence-corrected chi connectivity index (χ3v) is 3.33. The number of hydrogen-bond acceptors (Lipinski definition) is 6. The van der Waals surface area contributed by atoms with Gasteiger partial charge in [-0.3, -0.25) is 4.98 Å². The molecule has 2 rings (SSSR count). The lowest BCUT2D eigenvalue weighted by Gasteiger charge is -2.27. The second-order valence-electron chi connectivity index (χ2n) is 4.62. The number of allylic oxidation sites excluding steroid dienone is 2. The van der Waals surface area contributed by atoms with Gasteiger partial charge < -0.3 is 15.2 Å². The lowest BCUT2D eigenvalue weighted by molar-refractivity contribution is -0.139. The van der Waals surface area contributed by atoms with Crippen LogP contribution in [0, 0.1) is 11.3 Å². The average molecular weight is 299 g/mol. The van der Waals surface area contributed by atoms with Crippen LogP contribution in [0.25, 0.3) is 0 Å².